The molecule has 0 bridgehead atoms. The van der Waals surface area contributed by atoms with Crippen molar-refractivity contribution in [3.8, 4) is 11.5 Å². The number of halogens is 1. The van der Waals surface area contributed by atoms with E-state index in [1.54, 1.807) is 24.3 Å². The standard InChI is InChI=1S/C17H13FN2O2S/c1-11-2-4-12(5-3-11)15(21)10-23-17-20-19-16(22-17)13-6-8-14(18)9-7-13/h2-9H,10H2,1H3. The Morgan fingerprint density at radius 3 is 2.48 bits per heavy atom. The van der Waals surface area contributed by atoms with Crippen molar-refractivity contribution in [1.82, 2.24) is 10.2 Å². The molecule has 6 heteroatoms. The molecular weight excluding hydrogens is 315 g/mol. The van der Waals surface area contributed by atoms with Crippen LogP contribution in [0.25, 0.3) is 11.5 Å². The van der Waals surface area contributed by atoms with Gasteiger partial charge in [0.05, 0.1) is 5.75 Å². The fraction of sp³-hybridized carbons (Fsp3) is 0.118. The lowest BCUT2D eigenvalue weighted by atomic mass is 10.1. The van der Waals surface area contributed by atoms with E-state index < -0.39 is 0 Å². The molecule has 0 saturated heterocycles. The average molecular weight is 328 g/mol. The van der Waals surface area contributed by atoms with Gasteiger partial charge in [-0.15, -0.1) is 10.2 Å². The van der Waals surface area contributed by atoms with Crippen LogP contribution >= 0.6 is 11.8 Å². The minimum Gasteiger partial charge on any atom is -0.411 e. The maximum absolute atomic E-state index is 12.9. The van der Waals surface area contributed by atoms with Gasteiger partial charge in [0.25, 0.3) is 5.22 Å². The molecule has 0 amide bonds. The van der Waals surface area contributed by atoms with Crippen molar-refractivity contribution in [1.29, 1.82) is 0 Å². The molecule has 0 spiro atoms. The predicted molar refractivity (Wildman–Crippen MR) is 85.9 cm³/mol. The molecule has 1 heterocycles. The van der Waals surface area contributed by atoms with Gasteiger partial charge in [0.1, 0.15) is 5.82 Å². The Hall–Kier alpha value is -2.47. The highest BCUT2D eigenvalue weighted by Gasteiger charge is 2.12. The number of carbonyl (C=O) groups is 1. The molecule has 116 valence electrons. The molecule has 0 aliphatic heterocycles. The van der Waals surface area contributed by atoms with Crippen LogP contribution in [-0.2, 0) is 0 Å². The van der Waals surface area contributed by atoms with Crippen LogP contribution in [0.3, 0.4) is 0 Å². The van der Waals surface area contributed by atoms with E-state index in [0.717, 1.165) is 5.56 Å². The average Bonchev–Trinajstić information content (AvgIpc) is 3.03. The van der Waals surface area contributed by atoms with Gasteiger partial charge in [-0.2, -0.15) is 0 Å². The molecule has 0 N–H and O–H groups in total. The van der Waals surface area contributed by atoms with Gasteiger partial charge in [-0.3, -0.25) is 4.79 Å². The van der Waals surface area contributed by atoms with Crippen molar-refractivity contribution >= 4 is 17.5 Å². The van der Waals surface area contributed by atoms with Crippen molar-refractivity contribution < 1.29 is 13.6 Å². The van der Waals surface area contributed by atoms with Gasteiger partial charge < -0.3 is 4.42 Å². The van der Waals surface area contributed by atoms with E-state index in [0.29, 0.717) is 22.2 Å². The zero-order chi connectivity index (χ0) is 16.2. The first-order chi connectivity index (χ1) is 11.1. The van der Waals surface area contributed by atoms with Crippen molar-refractivity contribution in [2.75, 3.05) is 5.75 Å². The number of ketones is 1. The molecule has 3 aromatic rings. The lowest BCUT2D eigenvalue weighted by molar-refractivity contribution is 0.102. The second-order valence-electron chi connectivity index (χ2n) is 4.96. The van der Waals surface area contributed by atoms with Gasteiger partial charge in [0.2, 0.25) is 5.89 Å². The third kappa shape index (κ3) is 3.84. The van der Waals surface area contributed by atoms with Crippen molar-refractivity contribution in [3.05, 3.63) is 65.5 Å². The van der Waals surface area contributed by atoms with E-state index in [1.807, 2.05) is 19.1 Å². The van der Waals surface area contributed by atoms with Crippen LogP contribution in [0.1, 0.15) is 15.9 Å². The maximum Gasteiger partial charge on any atom is 0.277 e. The molecule has 0 fully saturated rings. The van der Waals surface area contributed by atoms with Crippen molar-refractivity contribution in [2.24, 2.45) is 0 Å². The number of aryl methyl sites for hydroxylation is 1. The fourth-order valence-electron chi connectivity index (χ4n) is 1.93. The summed E-state index contributed by atoms with van der Waals surface area (Å²) >= 11 is 1.18. The monoisotopic (exact) mass is 328 g/mol. The molecule has 4 nitrogen and oxygen atoms in total. The fourth-order valence-corrected chi connectivity index (χ4v) is 2.58. The van der Waals surface area contributed by atoms with Crippen LogP contribution < -0.4 is 0 Å². The smallest absolute Gasteiger partial charge is 0.277 e. The first-order valence-corrected chi connectivity index (χ1v) is 7.92. The number of aromatic nitrogens is 2. The third-order valence-electron chi connectivity index (χ3n) is 3.20. The van der Waals surface area contributed by atoms with E-state index >= 15 is 0 Å². The van der Waals surface area contributed by atoms with Crippen LogP contribution in [0.2, 0.25) is 0 Å². The number of thioether (sulfide) groups is 1. The Labute approximate surface area is 136 Å². The molecule has 23 heavy (non-hydrogen) atoms. The number of rotatable bonds is 5. The SMILES string of the molecule is Cc1ccc(C(=O)CSc2nnc(-c3ccc(F)cc3)o2)cc1. The van der Waals surface area contributed by atoms with Crippen molar-refractivity contribution in [3.63, 3.8) is 0 Å². The molecule has 3 rings (SSSR count). The Balaban J connectivity index is 1.64. The number of hydrogen-bond donors (Lipinski definition) is 0. The number of benzene rings is 2. The second kappa shape index (κ2) is 6.75. The Morgan fingerprint density at radius 2 is 1.78 bits per heavy atom. The van der Waals surface area contributed by atoms with E-state index in [2.05, 4.69) is 10.2 Å². The Bertz CT molecular complexity index is 813. The van der Waals surface area contributed by atoms with Gasteiger partial charge in [-0.25, -0.2) is 4.39 Å². The summed E-state index contributed by atoms with van der Waals surface area (Å²) in [5.41, 5.74) is 2.40. The summed E-state index contributed by atoms with van der Waals surface area (Å²) in [4.78, 5) is 12.1. The topological polar surface area (TPSA) is 56.0 Å². The number of carbonyl (C=O) groups excluding carboxylic acids is 1. The lowest BCUT2D eigenvalue weighted by Crippen LogP contribution is -2.02. The van der Waals surface area contributed by atoms with E-state index in [9.17, 15) is 9.18 Å². The summed E-state index contributed by atoms with van der Waals surface area (Å²) in [6.07, 6.45) is 0. The highest BCUT2D eigenvalue weighted by atomic mass is 32.2. The number of nitrogens with zero attached hydrogens (tertiary/aromatic N) is 2. The van der Waals surface area contributed by atoms with Gasteiger partial charge in [-0.05, 0) is 31.2 Å². The molecular formula is C17H13FN2O2S. The Morgan fingerprint density at radius 1 is 1.09 bits per heavy atom. The highest BCUT2D eigenvalue weighted by molar-refractivity contribution is 7.99. The van der Waals surface area contributed by atoms with Gasteiger partial charge in [0, 0.05) is 11.1 Å². The second-order valence-corrected chi connectivity index (χ2v) is 5.88. The Kier molecular flexibility index (Phi) is 4.52. The summed E-state index contributed by atoms with van der Waals surface area (Å²) in [5.74, 6) is 0.187. The summed E-state index contributed by atoms with van der Waals surface area (Å²) in [6.45, 7) is 1.97. The normalized spacial score (nSPS) is 10.7. The summed E-state index contributed by atoms with van der Waals surface area (Å²) in [5, 5.41) is 8.11. The first-order valence-electron chi connectivity index (χ1n) is 6.94. The quantitative estimate of drug-likeness (QED) is 0.520. The largest absolute Gasteiger partial charge is 0.411 e. The number of Topliss-reactive ketones (excluding diaryl/α,β-unsaturated/α-hetero) is 1. The van der Waals surface area contributed by atoms with E-state index in [4.69, 9.17) is 4.42 Å². The summed E-state index contributed by atoms with van der Waals surface area (Å²) in [7, 11) is 0. The van der Waals surface area contributed by atoms with Crippen molar-refractivity contribution in [2.45, 2.75) is 12.1 Å². The lowest BCUT2D eigenvalue weighted by Gasteiger charge is -1.99. The number of hydrogen-bond acceptors (Lipinski definition) is 5. The van der Waals surface area contributed by atoms with Crippen LogP contribution in [0.15, 0.2) is 58.2 Å². The predicted octanol–water partition coefficient (Wildman–Crippen LogP) is 4.16. The van der Waals surface area contributed by atoms with Crippen LogP contribution in [0, 0.1) is 12.7 Å². The van der Waals surface area contributed by atoms with E-state index in [-0.39, 0.29) is 17.4 Å². The zero-order valence-corrected chi connectivity index (χ0v) is 13.1. The minimum atomic E-state index is -0.327. The van der Waals surface area contributed by atoms with Gasteiger partial charge in [-0.1, -0.05) is 41.6 Å². The zero-order valence-electron chi connectivity index (χ0n) is 12.3. The maximum atomic E-state index is 12.9. The summed E-state index contributed by atoms with van der Waals surface area (Å²) < 4.78 is 18.4. The van der Waals surface area contributed by atoms with E-state index in [1.165, 1.54) is 23.9 Å². The molecule has 1 aromatic heterocycles. The first kappa shape index (κ1) is 15.4. The molecule has 2 aromatic carbocycles. The van der Waals surface area contributed by atoms with Gasteiger partial charge >= 0.3 is 0 Å². The summed E-state index contributed by atoms with van der Waals surface area (Å²) in [6, 6.07) is 13.2. The minimum absolute atomic E-state index is 0.00321. The molecule has 0 atom stereocenters. The van der Waals surface area contributed by atoms with Gasteiger partial charge in [0.15, 0.2) is 5.78 Å². The third-order valence-corrected chi connectivity index (χ3v) is 4.02. The molecule has 0 aliphatic rings. The molecule has 0 unspecified atom stereocenters. The van der Waals surface area contributed by atoms with Crippen LogP contribution in [0.5, 0.6) is 0 Å². The molecule has 0 saturated carbocycles. The molecule has 0 radical (unpaired) electrons. The highest BCUT2D eigenvalue weighted by Crippen LogP contribution is 2.24. The molecule has 0 aliphatic carbocycles. The van der Waals surface area contributed by atoms with Crippen LogP contribution in [0.4, 0.5) is 4.39 Å². The van der Waals surface area contributed by atoms with Crippen LogP contribution in [-0.4, -0.2) is 21.7 Å².